The van der Waals surface area contributed by atoms with E-state index in [4.69, 9.17) is 9.84 Å². The van der Waals surface area contributed by atoms with E-state index in [0.29, 0.717) is 17.7 Å². The van der Waals surface area contributed by atoms with Crippen LogP contribution in [0.5, 0.6) is 5.75 Å². The van der Waals surface area contributed by atoms with Gasteiger partial charge >= 0.3 is 18.3 Å². The second kappa shape index (κ2) is 7.13. The first-order chi connectivity index (χ1) is 12.3. The van der Waals surface area contributed by atoms with Crippen molar-refractivity contribution in [3.63, 3.8) is 0 Å². The van der Waals surface area contributed by atoms with Gasteiger partial charge in [0.2, 0.25) is 0 Å². The highest BCUT2D eigenvalue weighted by molar-refractivity contribution is 5.78. The molecular formula is C18H14F6O3. The standard InChI is InChI=1S/C18H14F6O3/c1-9(16(25)26)10-3-4-14(15(7-10)27-2)11-5-12(17(19,20)21)8-13(6-11)18(22,23)24/h3-9H,1-2H3,(H,25,26). The van der Waals surface area contributed by atoms with Crippen LogP contribution in [0.3, 0.4) is 0 Å². The number of aliphatic carboxylic acids is 1. The predicted octanol–water partition coefficient (Wildman–Crippen LogP) is 5.59. The number of hydrogen-bond acceptors (Lipinski definition) is 2. The van der Waals surface area contributed by atoms with Crippen LogP contribution in [0.4, 0.5) is 26.3 Å². The summed E-state index contributed by atoms with van der Waals surface area (Å²) in [6.45, 7) is 1.39. The maximum absolute atomic E-state index is 13.0. The molecule has 2 aromatic carbocycles. The van der Waals surface area contributed by atoms with Crippen LogP contribution >= 0.6 is 0 Å². The molecule has 0 saturated heterocycles. The maximum Gasteiger partial charge on any atom is 0.416 e. The van der Waals surface area contributed by atoms with Gasteiger partial charge in [-0.2, -0.15) is 26.3 Å². The van der Waals surface area contributed by atoms with Crippen molar-refractivity contribution >= 4 is 5.97 Å². The molecule has 1 N–H and O–H groups in total. The smallest absolute Gasteiger partial charge is 0.416 e. The molecular weight excluding hydrogens is 378 g/mol. The molecule has 0 aromatic heterocycles. The quantitative estimate of drug-likeness (QED) is 0.691. The molecule has 3 nitrogen and oxygen atoms in total. The fraction of sp³-hybridized carbons (Fsp3) is 0.278. The number of rotatable bonds is 4. The maximum atomic E-state index is 13.0. The monoisotopic (exact) mass is 392 g/mol. The summed E-state index contributed by atoms with van der Waals surface area (Å²) in [5.74, 6) is -2.10. The van der Waals surface area contributed by atoms with E-state index in [1.165, 1.54) is 32.2 Å². The second-order valence-corrected chi connectivity index (χ2v) is 5.81. The average Bonchev–Trinajstić information content (AvgIpc) is 2.58. The third-order valence-electron chi connectivity index (χ3n) is 3.99. The van der Waals surface area contributed by atoms with Crippen molar-refractivity contribution in [1.29, 1.82) is 0 Å². The number of carbonyl (C=O) groups is 1. The van der Waals surface area contributed by atoms with Crippen LogP contribution in [0.1, 0.15) is 29.5 Å². The van der Waals surface area contributed by atoms with Crippen molar-refractivity contribution < 1.29 is 41.0 Å². The van der Waals surface area contributed by atoms with E-state index in [1.807, 2.05) is 0 Å². The normalized spacial score (nSPS) is 13.3. The van der Waals surface area contributed by atoms with E-state index in [-0.39, 0.29) is 22.9 Å². The number of methoxy groups -OCH3 is 1. The molecule has 0 radical (unpaired) electrons. The van der Waals surface area contributed by atoms with E-state index < -0.39 is 35.4 Å². The molecule has 0 amide bonds. The van der Waals surface area contributed by atoms with Crippen molar-refractivity contribution in [2.45, 2.75) is 25.2 Å². The number of alkyl halides is 6. The number of hydrogen-bond donors (Lipinski definition) is 1. The molecule has 2 aromatic rings. The third-order valence-corrected chi connectivity index (χ3v) is 3.99. The molecule has 1 atom stereocenters. The van der Waals surface area contributed by atoms with E-state index in [2.05, 4.69) is 0 Å². The van der Waals surface area contributed by atoms with Gasteiger partial charge in [0, 0.05) is 5.56 Å². The first-order valence-corrected chi connectivity index (χ1v) is 7.55. The number of benzene rings is 2. The zero-order chi connectivity index (χ0) is 20.6. The predicted molar refractivity (Wildman–Crippen MR) is 84.5 cm³/mol. The molecule has 1 unspecified atom stereocenters. The Bertz CT molecular complexity index is 823. The van der Waals surface area contributed by atoms with E-state index in [0.717, 1.165) is 0 Å². The summed E-state index contributed by atoms with van der Waals surface area (Å²) in [6.07, 6.45) is -9.94. The van der Waals surface area contributed by atoms with Crippen LogP contribution in [0.2, 0.25) is 0 Å². The minimum Gasteiger partial charge on any atom is -0.496 e. The summed E-state index contributed by atoms with van der Waals surface area (Å²) in [7, 11) is 1.19. The molecule has 0 aliphatic carbocycles. The molecule has 27 heavy (non-hydrogen) atoms. The Hall–Kier alpha value is -2.71. The molecule has 2 rings (SSSR count). The molecule has 0 saturated carbocycles. The van der Waals surface area contributed by atoms with Gasteiger partial charge in [0.1, 0.15) is 5.75 Å². The van der Waals surface area contributed by atoms with E-state index in [9.17, 15) is 31.1 Å². The van der Waals surface area contributed by atoms with E-state index in [1.54, 1.807) is 0 Å². The number of ether oxygens (including phenoxy) is 1. The second-order valence-electron chi connectivity index (χ2n) is 5.81. The topological polar surface area (TPSA) is 46.5 Å². The van der Waals surface area contributed by atoms with Crippen molar-refractivity contribution in [2.24, 2.45) is 0 Å². The average molecular weight is 392 g/mol. The number of carboxylic acids is 1. The Balaban J connectivity index is 2.68. The SMILES string of the molecule is COc1cc(C(C)C(=O)O)ccc1-c1cc(C(F)(F)F)cc(C(F)(F)F)c1. The largest absolute Gasteiger partial charge is 0.496 e. The Kier molecular flexibility index (Phi) is 5.44. The highest BCUT2D eigenvalue weighted by atomic mass is 19.4. The van der Waals surface area contributed by atoms with Gasteiger partial charge in [-0.15, -0.1) is 0 Å². The zero-order valence-electron chi connectivity index (χ0n) is 14.1. The minimum atomic E-state index is -4.97. The van der Waals surface area contributed by atoms with Gasteiger partial charge in [-0.3, -0.25) is 4.79 Å². The lowest BCUT2D eigenvalue weighted by atomic mass is 9.94. The minimum absolute atomic E-state index is 0.0181. The Morgan fingerprint density at radius 2 is 1.48 bits per heavy atom. The van der Waals surface area contributed by atoms with Crippen molar-refractivity contribution in [3.05, 3.63) is 53.1 Å². The van der Waals surface area contributed by atoms with Gasteiger partial charge < -0.3 is 9.84 Å². The summed E-state index contributed by atoms with van der Waals surface area (Å²) in [6, 6.07) is 5.06. The third kappa shape index (κ3) is 4.53. The summed E-state index contributed by atoms with van der Waals surface area (Å²) in [5, 5.41) is 9.05. The molecule has 146 valence electrons. The number of carboxylic acid groups (broad SMARTS) is 1. The summed E-state index contributed by atoms with van der Waals surface area (Å²) in [4.78, 5) is 11.1. The lowest BCUT2D eigenvalue weighted by molar-refractivity contribution is -0.143. The van der Waals surface area contributed by atoms with Crippen LogP contribution in [0, 0.1) is 0 Å². The summed E-state index contributed by atoms with van der Waals surface area (Å²) >= 11 is 0. The molecule has 0 fully saturated rings. The van der Waals surface area contributed by atoms with Gasteiger partial charge in [0.05, 0.1) is 24.2 Å². The lowest BCUT2D eigenvalue weighted by Gasteiger charge is -2.17. The van der Waals surface area contributed by atoms with Crippen molar-refractivity contribution in [1.82, 2.24) is 0 Å². The summed E-state index contributed by atoms with van der Waals surface area (Å²) in [5.41, 5.74) is -2.96. The Labute approximate surface area is 150 Å². The first-order valence-electron chi connectivity index (χ1n) is 7.55. The van der Waals surface area contributed by atoms with Crippen molar-refractivity contribution in [3.8, 4) is 16.9 Å². The Morgan fingerprint density at radius 1 is 0.963 bits per heavy atom. The zero-order valence-corrected chi connectivity index (χ0v) is 14.1. The molecule has 0 aliphatic heterocycles. The van der Waals surface area contributed by atoms with E-state index >= 15 is 0 Å². The molecule has 9 heteroatoms. The molecule has 0 heterocycles. The highest BCUT2D eigenvalue weighted by Gasteiger charge is 2.37. The molecule has 0 spiro atoms. The van der Waals surface area contributed by atoms with Crippen LogP contribution in [-0.2, 0) is 17.1 Å². The van der Waals surface area contributed by atoms with Gasteiger partial charge in [0.15, 0.2) is 0 Å². The Morgan fingerprint density at radius 3 is 1.89 bits per heavy atom. The molecule has 0 bridgehead atoms. The van der Waals surface area contributed by atoms with Crippen molar-refractivity contribution in [2.75, 3.05) is 7.11 Å². The van der Waals surface area contributed by atoms with Crippen LogP contribution in [-0.4, -0.2) is 18.2 Å². The van der Waals surface area contributed by atoms with Crippen LogP contribution < -0.4 is 4.74 Å². The lowest BCUT2D eigenvalue weighted by Crippen LogP contribution is -2.11. The first kappa shape index (κ1) is 20.6. The van der Waals surface area contributed by atoms with Crippen LogP contribution in [0.15, 0.2) is 36.4 Å². The fourth-order valence-corrected chi connectivity index (χ4v) is 2.47. The fourth-order valence-electron chi connectivity index (χ4n) is 2.47. The number of halogens is 6. The van der Waals surface area contributed by atoms with Gasteiger partial charge in [-0.05, 0) is 42.3 Å². The molecule has 0 aliphatic rings. The summed E-state index contributed by atoms with van der Waals surface area (Å²) < 4.78 is 83.2. The van der Waals surface area contributed by atoms with Gasteiger partial charge in [-0.1, -0.05) is 12.1 Å². The van der Waals surface area contributed by atoms with Crippen LogP contribution in [0.25, 0.3) is 11.1 Å². The van der Waals surface area contributed by atoms with Gasteiger partial charge in [-0.25, -0.2) is 0 Å². The van der Waals surface area contributed by atoms with Gasteiger partial charge in [0.25, 0.3) is 0 Å². The highest BCUT2D eigenvalue weighted by Crippen LogP contribution is 2.41.